The van der Waals surface area contributed by atoms with Gasteiger partial charge in [-0.05, 0) is 52.9 Å². The summed E-state index contributed by atoms with van der Waals surface area (Å²) in [6, 6.07) is 1.09. The van der Waals surface area contributed by atoms with Gasteiger partial charge in [0.2, 0.25) is 0 Å². The van der Waals surface area contributed by atoms with Gasteiger partial charge in [0.25, 0.3) is 0 Å². The van der Waals surface area contributed by atoms with Crippen LogP contribution in [0.2, 0.25) is 0 Å². The van der Waals surface area contributed by atoms with E-state index < -0.39 is 5.60 Å². The largest absolute Gasteiger partial charge is 0.444 e. The van der Waals surface area contributed by atoms with Crippen LogP contribution in [0.15, 0.2) is 0 Å². The lowest BCUT2D eigenvalue weighted by atomic mass is 10.0. The van der Waals surface area contributed by atoms with Crippen molar-refractivity contribution in [1.29, 1.82) is 0 Å². The highest BCUT2D eigenvalue weighted by atomic mass is 16.6. The van der Waals surface area contributed by atoms with E-state index in [1.165, 1.54) is 6.42 Å². The maximum atomic E-state index is 12.0. The van der Waals surface area contributed by atoms with Crippen LogP contribution in [-0.4, -0.2) is 55.0 Å². The molecule has 0 aliphatic carbocycles. The minimum atomic E-state index is -0.410. The van der Waals surface area contributed by atoms with Gasteiger partial charge >= 0.3 is 6.09 Å². The molecule has 0 spiro atoms. The molecule has 0 radical (unpaired) electrons. The standard InChI is InChI=1S/C16H30N2O3/c1-16(2,3)21-15(19)18-9-6-14(7-10-18)17-13-5-4-11-20-12-8-13/h13-14,17H,4-12H2,1-3H3. The molecule has 122 valence electrons. The molecule has 2 rings (SSSR count). The molecule has 21 heavy (non-hydrogen) atoms. The molecule has 0 bridgehead atoms. The van der Waals surface area contributed by atoms with Crippen LogP contribution in [0.25, 0.3) is 0 Å². The predicted octanol–water partition coefficient (Wildman–Crippen LogP) is 2.54. The summed E-state index contributed by atoms with van der Waals surface area (Å²) in [4.78, 5) is 13.9. The van der Waals surface area contributed by atoms with Gasteiger partial charge < -0.3 is 19.7 Å². The first kappa shape index (κ1) is 16.6. The van der Waals surface area contributed by atoms with E-state index >= 15 is 0 Å². The van der Waals surface area contributed by atoms with Crippen molar-refractivity contribution in [2.24, 2.45) is 0 Å². The molecule has 2 heterocycles. The zero-order valence-corrected chi connectivity index (χ0v) is 13.7. The first-order chi connectivity index (χ1) is 9.94. The Bertz CT molecular complexity index is 325. The molecule has 0 aromatic carbocycles. The molecule has 0 aromatic rings. The normalized spacial score (nSPS) is 25.5. The lowest BCUT2D eigenvalue weighted by molar-refractivity contribution is 0.0195. The van der Waals surface area contributed by atoms with Crippen LogP contribution in [0.1, 0.15) is 52.9 Å². The first-order valence-corrected chi connectivity index (χ1v) is 8.26. The smallest absolute Gasteiger partial charge is 0.410 e. The molecule has 1 N–H and O–H groups in total. The molecule has 2 fully saturated rings. The SMILES string of the molecule is CC(C)(C)OC(=O)N1CCC(NC2CCCOCC2)CC1. The number of hydrogen-bond acceptors (Lipinski definition) is 4. The number of likely N-dealkylation sites (tertiary alicyclic amines) is 1. The number of carbonyl (C=O) groups excluding carboxylic acids is 1. The van der Waals surface area contributed by atoms with E-state index in [2.05, 4.69) is 5.32 Å². The number of piperidine rings is 1. The fourth-order valence-corrected chi connectivity index (χ4v) is 2.96. The predicted molar refractivity (Wildman–Crippen MR) is 82.4 cm³/mol. The highest BCUT2D eigenvalue weighted by Crippen LogP contribution is 2.17. The zero-order chi connectivity index (χ0) is 15.3. The van der Waals surface area contributed by atoms with E-state index in [-0.39, 0.29) is 6.09 Å². The topological polar surface area (TPSA) is 50.8 Å². The molecule has 2 aliphatic heterocycles. The van der Waals surface area contributed by atoms with E-state index in [0.717, 1.165) is 52.0 Å². The number of carbonyl (C=O) groups is 1. The first-order valence-electron chi connectivity index (χ1n) is 8.26. The average molecular weight is 298 g/mol. The Morgan fingerprint density at radius 1 is 1.10 bits per heavy atom. The highest BCUT2D eigenvalue weighted by Gasteiger charge is 2.27. The Kier molecular flexibility index (Phi) is 5.88. The molecule has 0 saturated carbocycles. The van der Waals surface area contributed by atoms with Gasteiger partial charge in [0.15, 0.2) is 0 Å². The van der Waals surface area contributed by atoms with Crippen LogP contribution >= 0.6 is 0 Å². The molecular formula is C16H30N2O3. The van der Waals surface area contributed by atoms with Crippen molar-refractivity contribution in [1.82, 2.24) is 10.2 Å². The van der Waals surface area contributed by atoms with Crippen LogP contribution in [0.4, 0.5) is 4.79 Å². The summed E-state index contributed by atoms with van der Waals surface area (Å²) in [6.07, 6.45) is 5.30. The minimum Gasteiger partial charge on any atom is -0.444 e. The number of hydrogen-bond donors (Lipinski definition) is 1. The summed E-state index contributed by atoms with van der Waals surface area (Å²) >= 11 is 0. The van der Waals surface area contributed by atoms with Crippen molar-refractivity contribution in [3.63, 3.8) is 0 Å². The van der Waals surface area contributed by atoms with Crippen molar-refractivity contribution in [3.8, 4) is 0 Å². The third-order valence-electron chi connectivity index (χ3n) is 4.07. The van der Waals surface area contributed by atoms with Crippen LogP contribution in [-0.2, 0) is 9.47 Å². The Morgan fingerprint density at radius 2 is 1.76 bits per heavy atom. The van der Waals surface area contributed by atoms with E-state index in [4.69, 9.17) is 9.47 Å². The van der Waals surface area contributed by atoms with E-state index in [1.54, 1.807) is 0 Å². The van der Waals surface area contributed by atoms with Gasteiger partial charge in [-0.15, -0.1) is 0 Å². The maximum absolute atomic E-state index is 12.0. The van der Waals surface area contributed by atoms with E-state index in [1.807, 2.05) is 25.7 Å². The lowest BCUT2D eigenvalue weighted by Gasteiger charge is -2.35. The van der Waals surface area contributed by atoms with Gasteiger partial charge in [-0.3, -0.25) is 0 Å². The van der Waals surface area contributed by atoms with Crippen LogP contribution in [0.5, 0.6) is 0 Å². The minimum absolute atomic E-state index is 0.177. The van der Waals surface area contributed by atoms with Gasteiger partial charge in [-0.1, -0.05) is 0 Å². The summed E-state index contributed by atoms with van der Waals surface area (Å²) in [5.41, 5.74) is -0.410. The number of amides is 1. The molecule has 0 aromatic heterocycles. The van der Waals surface area contributed by atoms with Crippen LogP contribution in [0, 0.1) is 0 Å². The van der Waals surface area contributed by atoms with Crippen molar-refractivity contribution in [2.45, 2.75) is 70.6 Å². The summed E-state index contributed by atoms with van der Waals surface area (Å²) in [5.74, 6) is 0. The number of nitrogens with one attached hydrogen (secondary N) is 1. The van der Waals surface area contributed by atoms with Crippen molar-refractivity contribution < 1.29 is 14.3 Å². The third-order valence-corrected chi connectivity index (χ3v) is 4.07. The summed E-state index contributed by atoms with van der Waals surface area (Å²) in [5, 5.41) is 3.75. The van der Waals surface area contributed by atoms with Crippen molar-refractivity contribution in [3.05, 3.63) is 0 Å². The van der Waals surface area contributed by atoms with Gasteiger partial charge in [-0.2, -0.15) is 0 Å². The zero-order valence-electron chi connectivity index (χ0n) is 13.7. The average Bonchev–Trinajstić information content (AvgIpc) is 2.66. The molecule has 1 unspecified atom stereocenters. The van der Waals surface area contributed by atoms with Gasteiger partial charge in [0.05, 0.1) is 0 Å². The monoisotopic (exact) mass is 298 g/mol. The van der Waals surface area contributed by atoms with Crippen molar-refractivity contribution >= 4 is 6.09 Å². The highest BCUT2D eigenvalue weighted by molar-refractivity contribution is 5.68. The van der Waals surface area contributed by atoms with E-state index in [0.29, 0.717) is 12.1 Å². The maximum Gasteiger partial charge on any atom is 0.410 e. The van der Waals surface area contributed by atoms with Gasteiger partial charge in [0, 0.05) is 38.4 Å². The Morgan fingerprint density at radius 3 is 2.43 bits per heavy atom. The van der Waals surface area contributed by atoms with Crippen LogP contribution in [0.3, 0.4) is 0 Å². The number of nitrogens with zero attached hydrogens (tertiary/aromatic N) is 1. The molecule has 2 aliphatic rings. The molecule has 1 atom stereocenters. The molecule has 1 amide bonds. The number of ether oxygens (including phenoxy) is 2. The lowest BCUT2D eigenvalue weighted by Crippen LogP contribution is -2.48. The Balaban J connectivity index is 1.71. The molecule has 2 saturated heterocycles. The molecular weight excluding hydrogens is 268 g/mol. The second kappa shape index (κ2) is 7.45. The van der Waals surface area contributed by atoms with Crippen LogP contribution < -0.4 is 5.32 Å². The third kappa shape index (κ3) is 5.83. The Hall–Kier alpha value is -0.810. The number of rotatable bonds is 2. The fraction of sp³-hybridized carbons (Fsp3) is 0.938. The summed E-state index contributed by atoms with van der Waals surface area (Å²) in [6.45, 7) is 9.07. The van der Waals surface area contributed by atoms with Gasteiger partial charge in [-0.25, -0.2) is 4.79 Å². The summed E-state index contributed by atoms with van der Waals surface area (Å²) < 4.78 is 10.9. The Labute approximate surface area is 128 Å². The second-order valence-electron chi connectivity index (χ2n) is 7.15. The molecule has 5 heteroatoms. The van der Waals surface area contributed by atoms with Gasteiger partial charge in [0.1, 0.15) is 5.60 Å². The quantitative estimate of drug-likeness (QED) is 0.851. The summed E-state index contributed by atoms with van der Waals surface area (Å²) in [7, 11) is 0. The second-order valence-corrected chi connectivity index (χ2v) is 7.15. The fourth-order valence-electron chi connectivity index (χ4n) is 2.96. The van der Waals surface area contributed by atoms with Crippen molar-refractivity contribution in [2.75, 3.05) is 26.3 Å². The molecule has 5 nitrogen and oxygen atoms in total. The van der Waals surface area contributed by atoms with E-state index in [9.17, 15) is 4.79 Å².